The minimum atomic E-state index is 0.0225. The van der Waals surface area contributed by atoms with Crippen LogP contribution in [-0.4, -0.2) is 6.16 Å². The molecule has 0 radical (unpaired) electrons. The van der Waals surface area contributed by atoms with Crippen molar-refractivity contribution in [2.45, 2.75) is 6.42 Å². The summed E-state index contributed by atoms with van der Waals surface area (Å²) in [5, 5.41) is 0. The van der Waals surface area contributed by atoms with Crippen LogP contribution in [-0.2, 0) is 0 Å². The molecule has 1 aliphatic heterocycles. The van der Waals surface area contributed by atoms with Crippen LogP contribution < -0.4 is 0 Å². The van der Waals surface area contributed by atoms with E-state index in [0.29, 0.717) is 0 Å². The van der Waals surface area contributed by atoms with Crippen molar-refractivity contribution in [3.05, 3.63) is 41.7 Å². The summed E-state index contributed by atoms with van der Waals surface area (Å²) in [6.45, 7) is 0.0225. The van der Waals surface area contributed by atoms with Crippen LogP contribution in [0.3, 0.4) is 0 Å². The van der Waals surface area contributed by atoms with Gasteiger partial charge in [-0.1, -0.05) is 45.8 Å². The standard InChI is InChI=1S/C10H10BrP/c11-12-7-6-10(8-12)9-4-2-1-3-5-9/h1-5,8H,6-7H2. The minimum Gasteiger partial charge on any atom is -0.0622 e. The summed E-state index contributed by atoms with van der Waals surface area (Å²) >= 11 is 3.66. The SMILES string of the molecule is BrP1C=C(c2ccccc2)CC1. The lowest BCUT2D eigenvalue weighted by Crippen LogP contribution is -1.79. The highest BCUT2D eigenvalue weighted by Gasteiger charge is 2.13. The first-order chi connectivity index (χ1) is 5.86. The number of hydrogen-bond donors (Lipinski definition) is 0. The van der Waals surface area contributed by atoms with E-state index in [4.69, 9.17) is 0 Å². The molecule has 0 aliphatic carbocycles. The minimum absolute atomic E-state index is 0.0225. The summed E-state index contributed by atoms with van der Waals surface area (Å²) < 4.78 is 0. The summed E-state index contributed by atoms with van der Waals surface area (Å²) in [6.07, 6.45) is 2.54. The van der Waals surface area contributed by atoms with Crippen molar-refractivity contribution in [2.24, 2.45) is 0 Å². The molecule has 0 nitrogen and oxygen atoms in total. The van der Waals surface area contributed by atoms with Gasteiger partial charge in [0.05, 0.1) is 0 Å². The lowest BCUT2D eigenvalue weighted by molar-refractivity contribution is 1.28. The van der Waals surface area contributed by atoms with E-state index in [-0.39, 0.29) is 6.62 Å². The average Bonchev–Trinajstić information content (AvgIpc) is 2.54. The van der Waals surface area contributed by atoms with Crippen molar-refractivity contribution in [2.75, 3.05) is 6.16 Å². The highest BCUT2D eigenvalue weighted by atomic mass is 79.9. The predicted octanol–water partition coefficient (Wildman–Crippen LogP) is 4.22. The third-order valence-electron chi connectivity index (χ3n) is 2.04. The first-order valence-electron chi connectivity index (χ1n) is 4.05. The molecule has 1 unspecified atom stereocenters. The molecule has 0 spiro atoms. The van der Waals surface area contributed by atoms with E-state index in [2.05, 4.69) is 51.6 Å². The lowest BCUT2D eigenvalue weighted by atomic mass is 10.1. The van der Waals surface area contributed by atoms with Crippen LogP contribution in [0.1, 0.15) is 12.0 Å². The molecule has 1 atom stereocenters. The molecule has 0 amide bonds. The van der Waals surface area contributed by atoms with Gasteiger partial charge in [-0.3, -0.25) is 0 Å². The maximum atomic E-state index is 3.66. The first-order valence-corrected chi connectivity index (χ1v) is 7.66. The Labute approximate surface area is 82.2 Å². The van der Waals surface area contributed by atoms with Crippen molar-refractivity contribution < 1.29 is 0 Å². The number of hydrogen-bond acceptors (Lipinski definition) is 0. The summed E-state index contributed by atoms with van der Waals surface area (Å²) in [7, 11) is 0. The quantitative estimate of drug-likeness (QED) is 0.645. The Kier molecular flexibility index (Phi) is 2.63. The third kappa shape index (κ3) is 1.78. The summed E-state index contributed by atoms with van der Waals surface area (Å²) in [5.41, 5.74) is 2.90. The second-order valence-corrected chi connectivity index (χ2v) is 7.13. The second kappa shape index (κ2) is 3.72. The van der Waals surface area contributed by atoms with E-state index in [1.54, 1.807) is 0 Å². The Hall–Kier alpha value is -0.130. The van der Waals surface area contributed by atoms with Gasteiger partial charge in [-0.2, -0.15) is 0 Å². The van der Waals surface area contributed by atoms with Gasteiger partial charge in [-0.25, -0.2) is 0 Å². The topological polar surface area (TPSA) is 0 Å². The average molecular weight is 241 g/mol. The van der Waals surface area contributed by atoms with Crippen molar-refractivity contribution in [1.29, 1.82) is 0 Å². The third-order valence-corrected chi connectivity index (χ3v) is 4.96. The molecule has 1 aliphatic rings. The zero-order chi connectivity index (χ0) is 8.39. The fourth-order valence-corrected chi connectivity index (χ4v) is 3.87. The Morgan fingerprint density at radius 3 is 2.50 bits per heavy atom. The van der Waals surface area contributed by atoms with Crippen molar-refractivity contribution in [3.8, 4) is 0 Å². The van der Waals surface area contributed by atoms with Gasteiger partial charge in [0.1, 0.15) is 0 Å². The van der Waals surface area contributed by atoms with Gasteiger partial charge in [0.25, 0.3) is 0 Å². The van der Waals surface area contributed by atoms with E-state index in [0.717, 1.165) is 0 Å². The van der Waals surface area contributed by atoms with E-state index in [1.807, 2.05) is 0 Å². The largest absolute Gasteiger partial charge is 0.0622 e. The molecule has 0 N–H and O–H groups in total. The monoisotopic (exact) mass is 240 g/mol. The molecule has 0 aromatic heterocycles. The second-order valence-electron chi connectivity index (χ2n) is 2.89. The van der Waals surface area contributed by atoms with Crippen LogP contribution in [0.15, 0.2) is 36.1 Å². The van der Waals surface area contributed by atoms with Gasteiger partial charge in [-0.15, -0.1) is 0 Å². The normalized spacial score (nSPS) is 22.4. The Bertz CT molecular complexity index is 292. The van der Waals surface area contributed by atoms with Gasteiger partial charge >= 0.3 is 0 Å². The molecule has 12 heavy (non-hydrogen) atoms. The lowest BCUT2D eigenvalue weighted by Gasteiger charge is -1.98. The number of benzene rings is 1. The Balaban J connectivity index is 2.27. The van der Waals surface area contributed by atoms with Crippen molar-refractivity contribution >= 4 is 27.7 Å². The molecule has 1 aromatic rings. The van der Waals surface area contributed by atoms with Gasteiger partial charge in [0, 0.05) is 0 Å². The van der Waals surface area contributed by atoms with Crippen LogP contribution in [0.5, 0.6) is 0 Å². The van der Waals surface area contributed by atoms with Gasteiger partial charge < -0.3 is 0 Å². The van der Waals surface area contributed by atoms with Crippen molar-refractivity contribution in [3.63, 3.8) is 0 Å². The Morgan fingerprint density at radius 1 is 1.17 bits per heavy atom. The molecule has 0 fully saturated rings. The smallest absolute Gasteiger partial charge is 0.0113 e. The van der Waals surface area contributed by atoms with E-state index >= 15 is 0 Å². The first kappa shape index (κ1) is 8.47. The molecule has 0 saturated heterocycles. The predicted molar refractivity (Wildman–Crippen MR) is 59.8 cm³/mol. The maximum absolute atomic E-state index is 3.66. The molecule has 62 valence electrons. The van der Waals surface area contributed by atoms with E-state index < -0.39 is 0 Å². The van der Waals surface area contributed by atoms with Gasteiger partial charge in [0.15, 0.2) is 0 Å². The Morgan fingerprint density at radius 2 is 1.92 bits per heavy atom. The molecule has 2 rings (SSSR count). The van der Waals surface area contributed by atoms with Crippen LogP contribution in [0.25, 0.3) is 5.57 Å². The van der Waals surface area contributed by atoms with Crippen LogP contribution >= 0.6 is 22.1 Å². The molecule has 0 bridgehead atoms. The molecule has 0 saturated carbocycles. The number of rotatable bonds is 1. The fraction of sp³-hybridized carbons (Fsp3) is 0.200. The summed E-state index contributed by atoms with van der Waals surface area (Å²) in [5.74, 6) is 2.38. The van der Waals surface area contributed by atoms with Gasteiger partial charge in [-0.05, 0) is 36.2 Å². The van der Waals surface area contributed by atoms with Crippen LogP contribution in [0.4, 0.5) is 0 Å². The van der Waals surface area contributed by atoms with Crippen LogP contribution in [0.2, 0.25) is 0 Å². The van der Waals surface area contributed by atoms with Crippen LogP contribution in [0, 0.1) is 0 Å². The fourth-order valence-electron chi connectivity index (χ4n) is 1.40. The molecule has 2 heteroatoms. The zero-order valence-corrected chi connectivity index (χ0v) is 9.18. The van der Waals surface area contributed by atoms with E-state index in [1.165, 1.54) is 23.7 Å². The summed E-state index contributed by atoms with van der Waals surface area (Å²) in [4.78, 5) is 0. The zero-order valence-electron chi connectivity index (χ0n) is 6.70. The number of allylic oxidation sites excluding steroid dienone is 1. The number of halogens is 1. The van der Waals surface area contributed by atoms with Crippen molar-refractivity contribution in [1.82, 2.24) is 0 Å². The van der Waals surface area contributed by atoms with E-state index in [9.17, 15) is 0 Å². The molecule has 1 aromatic carbocycles. The maximum Gasteiger partial charge on any atom is -0.0113 e. The molecular formula is C10H10BrP. The van der Waals surface area contributed by atoms with Gasteiger partial charge in [0.2, 0.25) is 0 Å². The highest BCUT2D eigenvalue weighted by Crippen LogP contribution is 2.54. The molecular weight excluding hydrogens is 231 g/mol. The summed E-state index contributed by atoms with van der Waals surface area (Å²) in [6, 6.07) is 10.6. The highest BCUT2D eigenvalue weighted by molar-refractivity contribution is 9.39. The molecule has 1 heterocycles.